The molecule has 0 spiro atoms. The van der Waals surface area contributed by atoms with E-state index in [0.29, 0.717) is 0 Å². The largest absolute Gasteiger partial charge is 0.512 e. The molecular formula is C14H13NO6. The number of allylic oxidation sites excluding steroid dienone is 2. The minimum atomic E-state index is -1.74. The third kappa shape index (κ3) is 3.21. The predicted octanol–water partition coefficient (Wildman–Crippen LogP) is 0.911. The summed E-state index contributed by atoms with van der Waals surface area (Å²) in [5.74, 6) is -2.68. The van der Waals surface area contributed by atoms with Crippen LogP contribution in [0.15, 0.2) is 42.2 Å². The Morgan fingerprint density at radius 1 is 1.24 bits per heavy atom. The number of aliphatic hydroxyl groups excluding tert-OH is 1. The zero-order valence-electron chi connectivity index (χ0n) is 10.8. The van der Waals surface area contributed by atoms with E-state index in [-0.39, 0.29) is 23.3 Å². The fraction of sp³-hybridized carbons (Fsp3) is 0.143. The Labute approximate surface area is 119 Å². The summed E-state index contributed by atoms with van der Waals surface area (Å²) in [6, 6.07) is 3.29. The van der Waals surface area contributed by atoms with E-state index in [9.17, 15) is 24.9 Å². The van der Waals surface area contributed by atoms with Crippen LogP contribution in [0.2, 0.25) is 0 Å². The van der Waals surface area contributed by atoms with Crippen LogP contribution in [0.25, 0.3) is 0 Å². The number of benzene rings is 1. The van der Waals surface area contributed by atoms with Crippen LogP contribution in [0.4, 0.5) is 0 Å². The van der Waals surface area contributed by atoms with E-state index in [1.54, 1.807) is 0 Å². The molecule has 1 amide bonds. The van der Waals surface area contributed by atoms with Crippen LogP contribution in [-0.2, 0) is 0 Å². The fourth-order valence-electron chi connectivity index (χ4n) is 1.92. The number of carbonyl (C=O) groups is 2. The van der Waals surface area contributed by atoms with E-state index < -0.39 is 23.4 Å². The molecule has 1 unspecified atom stereocenters. The van der Waals surface area contributed by atoms with E-state index >= 15 is 0 Å². The predicted molar refractivity (Wildman–Crippen MR) is 72.0 cm³/mol. The maximum Gasteiger partial charge on any atom is 0.339 e. The van der Waals surface area contributed by atoms with Gasteiger partial charge in [-0.1, -0.05) is 6.08 Å². The van der Waals surface area contributed by atoms with E-state index in [2.05, 4.69) is 5.32 Å². The molecule has 0 saturated carbocycles. The lowest BCUT2D eigenvalue weighted by molar-refractivity contribution is 0.0370. The van der Waals surface area contributed by atoms with Gasteiger partial charge in [0.25, 0.3) is 5.91 Å². The molecular weight excluding hydrogens is 278 g/mol. The second-order valence-electron chi connectivity index (χ2n) is 4.61. The van der Waals surface area contributed by atoms with Crippen molar-refractivity contribution in [2.45, 2.75) is 12.1 Å². The molecule has 0 radical (unpaired) electrons. The summed E-state index contributed by atoms with van der Waals surface area (Å²) in [4.78, 5) is 22.8. The smallest absolute Gasteiger partial charge is 0.339 e. The first kappa shape index (κ1) is 14.6. The molecule has 1 aromatic rings. The highest BCUT2D eigenvalue weighted by atomic mass is 16.4. The highest BCUT2D eigenvalue weighted by molar-refractivity contribution is 5.98. The van der Waals surface area contributed by atoms with Crippen LogP contribution in [0.3, 0.4) is 0 Å². The molecule has 1 aliphatic rings. The third-order valence-electron chi connectivity index (χ3n) is 2.93. The molecule has 1 aromatic carbocycles. The Hall–Kier alpha value is -2.80. The van der Waals surface area contributed by atoms with Gasteiger partial charge < -0.3 is 25.7 Å². The van der Waals surface area contributed by atoms with Crippen LogP contribution < -0.4 is 5.32 Å². The van der Waals surface area contributed by atoms with Gasteiger partial charge in [0, 0.05) is 5.56 Å². The number of aliphatic hydroxyl groups is 2. The minimum Gasteiger partial charge on any atom is -0.512 e. The number of carbonyl (C=O) groups excluding carboxylic acids is 1. The van der Waals surface area contributed by atoms with Crippen molar-refractivity contribution in [3.05, 3.63) is 53.3 Å². The van der Waals surface area contributed by atoms with Crippen molar-refractivity contribution in [3.63, 3.8) is 0 Å². The number of amides is 1. The van der Waals surface area contributed by atoms with Crippen molar-refractivity contribution in [3.8, 4) is 5.75 Å². The number of phenols is 1. The Bertz CT molecular complexity index is 663. The average molecular weight is 291 g/mol. The zero-order valence-corrected chi connectivity index (χ0v) is 10.8. The summed E-state index contributed by atoms with van der Waals surface area (Å²) in [5.41, 5.74) is -2.09. The van der Waals surface area contributed by atoms with E-state index in [4.69, 9.17) is 5.11 Å². The number of hydrogen-bond acceptors (Lipinski definition) is 5. The number of carboxylic acids is 1. The third-order valence-corrected chi connectivity index (χ3v) is 2.93. The molecule has 0 heterocycles. The van der Waals surface area contributed by atoms with Crippen molar-refractivity contribution in [2.75, 3.05) is 0 Å². The van der Waals surface area contributed by atoms with Gasteiger partial charge in [-0.05, 0) is 30.4 Å². The van der Waals surface area contributed by atoms with Gasteiger partial charge in [-0.2, -0.15) is 0 Å². The average Bonchev–Trinajstić information content (AvgIpc) is 2.37. The lowest BCUT2D eigenvalue weighted by atomic mass is 10.0. The molecule has 5 N–H and O–H groups in total. The monoisotopic (exact) mass is 291 g/mol. The van der Waals surface area contributed by atoms with Gasteiger partial charge in [-0.3, -0.25) is 4.79 Å². The quantitative estimate of drug-likeness (QED) is 0.527. The molecule has 21 heavy (non-hydrogen) atoms. The first-order valence-electron chi connectivity index (χ1n) is 5.99. The highest BCUT2D eigenvalue weighted by Gasteiger charge is 2.29. The van der Waals surface area contributed by atoms with Gasteiger partial charge in [0.2, 0.25) is 0 Å². The molecule has 7 nitrogen and oxygen atoms in total. The highest BCUT2D eigenvalue weighted by Crippen LogP contribution is 2.22. The number of carboxylic acid groups (broad SMARTS) is 1. The van der Waals surface area contributed by atoms with Gasteiger partial charge in [0.05, 0.1) is 12.2 Å². The van der Waals surface area contributed by atoms with Crippen molar-refractivity contribution in [2.24, 2.45) is 0 Å². The minimum absolute atomic E-state index is 0.0200. The topological polar surface area (TPSA) is 127 Å². The molecule has 7 heteroatoms. The summed E-state index contributed by atoms with van der Waals surface area (Å²) >= 11 is 0. The summed E-state index contributed by atoms with van der Waals surface area (Å²) in [7, 11) is 0. The fourth-order valence-corrected chi connectivity index (χ4v) is 1.92. The first-order valence-corrected chi connectivity index (χ1v) is 5.99. The van der Waals surface area contributed by atoms with Gasteiger partial charge >= 0.3 is 5.97 Å². The lowest BCUT2D eigenvalue weighted by Gasteiger charge is -2.27. The molecule has 2 rings (SSSR count). The Morgan fingerprint density at radius 2 is 1.95 bits per heavy atom. The zero-order chi connectivity index (χ0) is 15.6. The molecule has 110 valence electrons. The number of nitrogens with one attached hydrogen (secondary N) is 1. The first-order chi connectivity index (χ1) is 9.81. The second-order valence-corrected chi connectivity index (χ2v) is 4.61. The van der Waals surface area contributed by atoms with Crippen molar-refractivity contribution < 1.29 is 30.0 Å². The van der Waals surface area contributed by atoms with E-state index in [1.807, 2.05) is 0 Å². The van der Waals surface area contributed by atoms with Crippen molar-refractivity contribution in [1.82, 2.24) is 5.32 Å². The summed E-state index contributed by atoms with van der Waals surface area (Å²) in [5, 5.41) is 40.1. The molecule has 0 aromatic heterocycles. The Balaban J connectivity index is 2.18. The van der Waals surface area contributed by atoms with Gasteiger partial charge in [0.15, 0.2) is 5.72 Å². The maximum atomic E-state index is 12.0. The molecule has 0 aliphatic heterocycles. The van der Waals surface area contributed by atoms with Crippen molar-refractivity contribution in [1.29, 1.82) is 0 Å². The van der Waals surface area contributed by atoms with E-state index in [0.717, 1.165) is 12.1 Å². The summed E-state index contributed by atoms with van der Waals surface area (Å²) in [6.07, 6.45) is 3.89. The molecule has 1 aliphatic carbocycles. The van der Waals surface area contributed by atoms with Gasteiger partial charge in [0.1, 0.15) is 11.3 Å². The molecule has 0 saturated heterocycles. The standard InChI is InChI=1S/C14H13NO6/c16-9-2-1-5-14(21,7-9)15-12(18)8-3-4-10(13(19)20)11(17)6-8/h1-6,16-17,21H,7H2,(H,15,18)(H,19,20). The number of hydrogen-bond donors (Lipinski definition) is 5. The van der Waals surface area contributed by atoms with Gasteiger partial charge in [-0.25, -0.2) is 4.79 Å². The van der Waals surface area contributed by atoms with E-state index in [1.165, 1.54) is 24.3 Å². The normalized spacial score (nSPS) is 20.7. The number of aromatic hydroxyl groups is 1. The molecule has 0 bridgehead atoms. The van der Waals surface area contributed by atoms with Crippen LogP contribution >= 0.6 is 0 Å². The van der Waals surface area contributed by atoms with Crippen LogP contribution in [0.5, 0.6) is 5.75 Å². The Kier molecular flexibility index (Phi) is 3.68. The summed E-state index contributed by atoms with van der Waals surface area (Å²) in [6.45, 7) is 0. The number of aromatic carboxylic acids is 1. The SMILES string of the molecule is O=C(NC1(O)C=CC=C(O)C1)c1ccc(C(=O)O)c(O)c1. The van der Waals surface area contributed by atoms with Crippen LogP contribution in [0.1, 0.15) is 27.1 Å². The van der Waals surface area contributed by atoms with Gasteiger partial charge in [-0.15, -0.1) is 0 Å². The lowest BCUT2D eigenvalue weighted by Crippen LogP contribution is -2.47. The van der Waals surface area contributed by atoms with Crippen LogP contribution in [-0.4, -0.2) is 38.0 Å². The number of rotatable bonds is 3. The molecule has 0 fully saturated rings. The maximum absolute atomic E-state index is 12.0. The van der Waals surface area contributed by atoms with Crippen molar-refractivity contribution >= 4 is 11.9 Å². The Morgan fingerprint density at radius 3 is 2.52 bits per heavy atom. The summed E-state index contributed by atoms with van der Waals surface area (Å²) < 4.78 is 0. The van der Waals surface area contributed by atoms with Crippen LogP contribution in [0, 0.1) is 0 Å². The molecule has 1 atom stereocenters. The second kappa shape index (κ2) is 5.29.